The Hall–Kier alpha value is -0.313. The van der Waals surface area contributed by atoms with E-state index in [2.05, 4.69) is 43.1 Å². The Bertz CT molecular complexity index is 278. The van der Waals surface area contributed by atoms with Gasteiger partial charge in [-0.3, -0.25) is 0 Å². The van der Waals surface area contributed by atoms with Crippen molar-refractivity contribution in [2.75, 3.05) is 7.05 Å². The van der Waals surface area contributed by atoms with Crippen molar-refractivity contribution >= 4 is 23.8 Å². The predicted molar refractivity (Wildman–Crippen MR) is 66.5 cm³/mol. The Balaban J connectivity index is 3.01. The normalized spacial score (nSPS) is 17.4. The molecule has 0 saturated heterocycles. The highest BCUT2D eigenvalue weighted by Crippen LogP contribution is 2.25. The molecule has 1 nitrogen and oxygen atoms in total. The molecule has 1 aromatic carbocycles. The molecule has 0 aromatic heterocycles. The van der Waals surface area contributed by atoms with Gasteiger partial charge in [-0.25, -0.2) is 0 Å². The van der Waals surface area contributed by atoms with Gasteiger partial charge >= 0.3 is 0 Å². The molecule has 0 spiro atoms. The van der Waals surface area contributed by atoms with Crippen molar-refractivity contribution in [1.29, 1.82) is 0 Å². The van der Waals surface area contributed by atoms with E-state index in [9.17, 15) is 0 Å². The summed E-state index contributed by atoms with van der Waals surface area (Å²) in [6.07, 6.45) is 1.12. The molecule has 1 rings (SSSR count). The number of halogens is 1. The van der Waals surface area contributed by atoms with E-state index in [4.69, 9.17) is 11.1 Å². The summed E-state index contributed by atoms with van der Waals surface area (Å²) in [6.45, 7) is 4.41. The monoisotopic (exact) mass is 227 g/mol. The average molecular weight is 228 g/mol. The molecule has 14 heavy (non-hydrogen) atoms. The fourth-order valence-corrected chi connectivity index (χ4v) is 5.07. The summed E-state index contributed by atoms with van der Waals surface area (Å²) < 4.78 is 0. The first-order chi connectivity index (χ1) is 6.65. The van der Waals surface area contributed by atoms with E-state index in [-0.39, 0.29) is 0 Å². The van der Waals surface area contributed by atoms with Gasteiger partial charge < -0.3 is 4.98 Å². The minimum absolute atomic E-state index is 0.538. The molecular formula is C11H18ClNSi. The van der Waals surface area contributed by atoms with Crippen molar-refractivity contribution in [3.05, 3.63) is 30.3 Å². The smallest absolute Gasteiger partial charge is 0.260 e. The van der Waals surface area contributed by atoms with Crippen LogP contribution < -0.4 is 10.2 Å². The molecule has 0 aliphatic rings. The molecular weight excluding hydrogens is 210 g/mol. The lowest BCUT2D eigenvalue weighted by Gasteiger charge is -2.29. The van der Waals surface area contributed by atoms with E-state index in [1.54, 1.807) is 0 Å². The lowest BCUT2D eigenvalue weighted by Crippen LogP contribution is -2.57. The van der Waals surface area contributed by atoms with Crippen molar-refractivity contribution in [2.24, 2.45) is 0 Å². The van der Waals surface area contributed by atoms with E-state index >= 15 is 0 Å². The van der Waals surface area contributed by atoms with Gasteiger partial charge in [-0.1, -0.05) is 50.6 Å². The second-order valence-corrected chi connectivity index (χ2v) is 8.91. The molecule has 0 saturated carbocycles. The van der Waals surface area contributed by atoms with Gasteiger partial charge in [0, 0.05) is 0 Å². The van der Waals surface area contributed by atoms with Crippen molar-refractivity contribution in [3.8, 4) is 0 Å². The fourth-order valence-electron chi connectivity index (χ4n) is 1.64. The Morgan fingerprint density at radius 1 is 1.36 bits per heavy atom. The van der Waals surface area contributed by atoms with Crippen molar-refractivity contribution in [3.63, 3.8) is 0 Å². The van der Waals surface area contributed by atoms with Crippen LogP contribution in [-0.4, -0.2) is 14.6 Å². The fraction of sp³-hybridized carbons (Fsp3) is 0.455. The Morgan fingerprint density at radius 3 is 2.36 bits per heavy atom. The lowest BCUT2D eigenvalue weighted by atomic mass is 10.4. The third-order valence-corrected chi connectivity index (χ3v) is 8.86. The van der Waals surface area contributed by atoms with Gasteiger partial charge in [0.25, 0.3) is 7.55 Å². The SMILES string of the molecule is CCC(C)[Si](Cl)(NC)c1ccccc1. The van der Waals surface area contributed by atoms with E-state index in [0.29, 0.717) is 5.54 Å². The molecule has 0 aliphatic carbocycles. The summed E-state index contributed by atoms with van der Waals surface area (Å²) in [5.41, 5.74) is 0.538. The largest absolute Gasteiger partial charge is 0.325 e. The molecule has 0 heterocycles. The highest BCUT2D eigenvalue weighted by Gasteiger charge is 2.36. The third-order valence-electron chi connectivity index (χ3n) is 2.85. The first-order valence-corrected chi connectivity index (χ1v) is 8.17. The maximum atomic E-state index is 6.73. The lowest BCUT2D eigenvalue weighted by molar-refractivity contribution is 0.836. The zero-order valence-corrected chi connectivity index (χ0v) is 10.8. The molecule has 0 bridgehead atoms. The van der Waals surface area contributed by atoms with Gasteiger partial charge in [0.2, 0.25) is 0 Å². The van der Waals surface area contributed by atoms with Crippen molar-refractivity contribution in [2.45, 2.75) is 25.8 Å². The summed E-state index contributed by atoms with van der Waals surface area (Å²) in [7, 11) is -0.0100. The van der Waals surface area contributed by atoms with E-state index < -0.39 is 7.55 Å². The first-order valence-electron chi connectivity index (χ1n) is 5.08. The molecule has 78 valence electrons. The van der Waals surface area contributed by atoms with Crippen LogP contribution in [0, 0.1) is 0 Å². The van der Waals surface area contributed by atoms with E-state index in [1.807, 2.05) is 13.1 Å². The summed E-state index contributed by atoms with van der Waals surface area (Å²) in [5, 5.41) is 1.28. The van der Waals surface area contributed by atoms with Crippen LogP contribution in [0.4, 0.5) is 0 Å². The van der Waals surface area contributed by atoms with Crippen LogP contribution >= 0.6 is 11.1 Å². The van der Waals surface area contributed by atoms with E-state index in [1.165, 1.54) is 5.19 Å². The van der Waals surface area contributed by atoms with Crippen molar-refractivity contribution in [1.82, 2.24) is 4.98 Å². The number of rotatable bonds is 4. The van der Waals surface area contributed by atoms with Gasteiger partial charge in [0.05, 0.1) is 0 Å². The van der Waals surface area contributed by atoms with Gasteiger partial charge in [0.1, 0.15) is 0 Å². The Morgan fingerprint density at radius 2 is 1.93 bits per heavy atom. The summed E-state index contributed by atoms with van der Waals surface area (Å²) in [4.78, 5) is 3.35. The van der Waals surface area contributed by atoms with Gasteiger partial charge in [-0.2, -0.15) is 0 Å². The van der Waals surface area contributed by atoms with Crippen LogP contribution in [0.5, 0.6) is 0 Å². The molecule has 0 aliphatic heterocycles. The molecule has 0 fully saturated rings. The van der Waals surface area contributed by atoms with Crippen LogP contribution in [0.2, 0.25) is 5.54 Å². The number of hydrogen-bond donors (Lipinski definition) is 1. The number of benzene rings is 1. The average Bonchev–Trinajstić information content (AvgIpc) is 2.28. The van der Waals surface area contributed by atoms with Crippen LogP contribution in [-0.2, 0) is 0 Å². The standard InChI is InChI=1S/C11H18ClNSi/c1-4-10(2)14(12,13-3)11-8-6-5-7-9-11/h5-10,13H,4H2,1-3H3. The molecule has 3 heteroatoms. The molecule has 2 atom stereocenters. The first kappa shape index (κ1) is 11.8. The Labute approximate surface area is 92.3 Å². The second kappa shape index (κ2) is 4.96. The highest BCUT2D eigenvalue weighted by molar-refractivity contribution is 7.26. The van der Waals surface area contributed by atoms with Gasteiger partial charge in [-0.15, -0.1) is 11.1 Å². The minimum Gasteiger partial charge on any atom is -0.325 e. The minimum atomic E-state index is -1.98. The van der Waals surface area contributed by atoms with Gasteiger partial charge in [0.15, 0.2) is 0 Å². The summed E-state index contributed by atoms with van der Waals surface area (Å²) in [6, 6.07) is 10.4. The Kier molecular flexibility index (Phi) is 4.17. The van der Waals surface area contributed by atoms with E-state index in [0.717, 1.165) is 6.42 Å². The predicted octanol–water partition coefficient (Wildman–Crippen LogP) is 2.59. The third kappa shape index (κ3) is 2.19. The number of hydrogen-bond acceptors (Lipinski definition) is 1. The highest BCUT2D eigenvalue weighted by atomic mass is 35.6. The molecule has 0 radical (unpaired) electrons. The quantitative estimate of drug-likeness (QED) is 0.616. The van der Waals surface area contributed by atoms with Crippen LogP contribution in [0.25, 0.3) is 0 Å². The zero-order valence-electron chi connectivity index (χ0n) is 9.05. The number of nitrogens with one attached hydrogen (secondary N) is 1. The molecule has 1 aromatic rings. The maximum absolute atomic E-state index is 6.73. The van der Waals surface area contributed by atoms with Gasteiger partial charge in [-0.05, 0) is 17.8 Å². The topological polar surface area (TPSA) is 12.0 Å². The molecule has 1 N–H and O–H groups in total. The zero-order chi connectivity index (χ0) is 10.6. The molecule has 2 unspecified atom stereocenters. The maximum Gasteiger partial charge on any atom is 0.260 e. The summed E-state index contributed by atoms with van der Waals surface area (Å²) in [5.74, 6) is 0. The molecule has 0 amide bonds. The van der Waals surface area contributed by atoms with Crippen molar-refractivity contribution < 1.29 is 0 Å². The van der Waals surface area contributed by atoms with Crippen LogP contribution in [0.3, 0.4) is 0 Å². The van der Waals surface area contributed by atoms with Crippen LogP contribution in [0.15, 0.2) is 30.3 Å². The summed E-state index contributed by atoms with van der Waals surface area (Å²) >= 11 is 6.73. The van der Waals surface area contributed by atoms with Crippen LogP contribution in [0.1, 0.15) is 20.3 Å². The second-order valence-electron chi connectivity index (χ2n) is 3.64.